The Kier molecular flexibility index (Phi) is 11.4. The van der Waals surface area contributed by atoms with E-state index in [9.17, 15) is 31.2 Å². The van der Waals surface area contributed by atoms with Crippen LogP contribution in [0.1, 0.15) is 50.7 Å². The van der Waals surface area contributed by atoms with Gasteiger partial charge in [-0.05, 0) is 55.2 Å². The summed E-state index contributed by atoms with van der Waals surface area (Å²) in [6.45, 7) is 4.09. The number of nitrogens with zero attached hydrogens (tertiary/aromatic N) is 2. The van der Waals surface area contributed by atoms with Crippen LogP contribution in [0, 0.1) is 0 Å². The highest BCUT2D eigenvalue weighted by atomic mass is 35.5. The summed E-state index contributed by atoms with van der Waals surface area (Å²) in [5.41, 5.74) is -0.359. The molecule has 0 fully saturated rings. The molecule has 0 aliphatic carbocycles. The highest BCUT2D eigenvalue weighted by molar-refractivity contribution is 7.92. The predicted octanol–water partition coefficient (Wildman–Crippen LogP) is 5.24. The minimum atomic E-state index is -4.63. The van der Waals surface area contributed by atoms with Gasteiger partial charge in [0.1, 0.15) is 6.04 Å². The van der Waals surface area contributed by atoms with Crippen molar-refractivity contribution in [3.63, 3.8) is 0 Å². The second kappa shape index (κ2) is 13.8. The van der Waals surface area contributed by atoms with Crippen molar-refractivity contribution in [2.75, 3.05) is 23.7 Å². The van der Waals surface area contributed by atoms with E-state index < -0.39 is 27.8 Å². The van der Waals surface area contributed by atoms with Gasteiger partial charge in [0.15, 0.2) is 0 Å². The molecule has 210 valence electrons. The number of benzene rings is 2. The Morgan fingerprint density at radius 2 is 1.74 bits per heavy atom. The van der Waals surface area contributed by atoms with E-state index in [2.05, 4.69) is 5.32 Å². The average molecular weight is 576 g/mol. The number of hydrogen-bond donors (Lipinski definition) is 1. The molecule has 0 spiro atoms. The van der Waals surface area contributed by atoms with Crippen LogP contribution in [0.4, 0.5) is 18.9 Å². The van der Waals surface area contributed by atoms with Gasteiger partial charge in [-0.2, -0.15) is 13.2 Å². The number of nitrogens with one attached hydrogen (secondary N) is 1. The number of anilines is 1. The van der Waals surface area contributed by atoms with E-state index in [1.54, 1.807) is 31.2 Å². The molecular formula is C26H33ClF3N3O4S. The fraction of sp³-hybridized carbons (Fsp3) is 0.462. The summed E-state index contributed by atoms with van der Waals surface area (Å²) < 4.78 is 65.2. The van der Waals surface area contributed by atoms with E-state index in [1.807, 2.05) is 6.92 Å². The van der Waals surface area contributed by atoms with Gasteiger partial charge in [-0.15, -0.1) is 0 Å². The van der Waals surface area contributed by atoms with E-state index >= 15 is 0 Å². The van der Waals surface area contributed by atoms with Crippen molar-refractivity contribution >= 4 is 39.1 Å². The van der Waals surface area contributed by atoms with Gasteiger partial charge in [0, 0.05) is 31.1 Å². The molecule has 12 heteroatoms. The monoisotopic (exact) mass is 575 g/mol. The number of amides is 2. The highest BCUT2D eigenvalue weighted by Gasteiger charge is 2.32. The minimum absolute atomic E-state index is 0.0340. The van der Waals surface area contributed by atoms with Crippen molar-refractivity contribution in [3.05, 3.63) is 64.7 Å². The summed E-state index contributed by atoms with van der Waals surface area (Å²) in [6.07, 6.45) is -2.74. The lowest BCUT2D eigenvalue weighted by atomic mass is 10.1. The second-order valence-corrected chi connectivity index (χ2v) is 11.2. The number of alkyl halides is 3. The molecule has 2 amide bonds. The molecule has 0 heterocycles. The van der Waals surface area contributed by atoms with Crippen molar-refractivity contribution in [3.8, 4) is 0 Å². The molecular weight excluding hydrogens is 543 g/mol. The quantitative estimate of drug-likeness (QED) is 0.354. The topological polar surface area (TPSA) is 86.8 Å². The first-order valence-corrected chi connectivity index (χ1v) is 14.5. The molecule has 1 N–H and O–H groups in total. The van der Waals surface area contributed by atoms with Gasteiger partial charge in [0.05, 0.1) is 17.5 Å². The van der Waals surface area contributed by atoms with Crippen molar-refractivity contribution in [2.45, 2.75) is 58.3 Å². The van der Waals surface area contributed by atoms with Crippen molar-refractivity contribution in [2.24, 2.45) is 0 Å². The minimum Gasteiger partial charge on any atom is -0.354 e. The molecule has 0 saturated carbocycles. The second-order valence-electron chi connectivity index (χ2n) is 8.85. The molecule has 0 radical (unpaired) electrons. The number of carbonyl (C=O) groups is 2. The lowest BCUT2D eigenvalue weighted by Gasteiger charge is -2.31. The maximum Gasteiger partial charge on any atom is 0.416 e. The molecule has 0 aliphatic rings. The van der Waals surface area contributed by atoms with Gasteiger partial charge in [0.25, 0.3) is 0 Å². The van der Waals surface area contributed by atoms with Crippen LogP contribution < -0.4 is 9.62 Å². The van der Waals surface area contributed by atoms with Crippen LogP contribution in [0.2, 0.25) is 5.02 Å². The molecule has 0 bridgehead atoms. The summed E-state index contributed by atoms with van der Waals surface area (Å²) in [6, 6.07) is 10.1. The molecule has 2 aromatic carbocycles. The Labute approximate surface area is 227 Å². The molecule has 2 rings (SSSR count). The first-order chi connectivity index (χ1) is 17.8. The molecule has 0 aromatic heterocycles. The molecule has 0 unspecified atom stereocenters. The largest absolute Gasteiger partial charge is 0.416 e. The summed E-state index contributed by atoms with van der Waals surface area (Å²) in [4.78, 5) is 27.6. The van der Waals surface area contributed by atoms with Crippen LogP contribution >= 0.6 is 11.6 Å². The number of sulfonamides is 1. The van der Waals surface area contributed by atoms with Crippen molar-refractivity contribution in [1.82, 2.24) is 10.2 Å². The maximum atomic E-state index is 13.3. The lowest BCUT2D eigenvalue weighted by Crippen LogP contribution is -2.49. The summed E-state index contributed by atoms with van der Waals surface area (Å²) in [5.74, 6) is -0.672. The third-order valence-corrected chi connectivity index (χ3v) is 7.26. The number of carbonyl (C=O) groups excluding carboxylic acids is 2. The fourth-order valence-corrected chi connectivity index (χ4v) is 5.00. The van der Waals surface area contributed by atoms with Crippen LogP contribution in [-0.2, 0) is 32.3 Å². The average Bonchev–Trinajstić information content (AvgIpc) is 2.85. The zero-order valence-corrected chi connectivity index (χ0v) is 23.2. The zero-order valence-electron chi connectivity index (χ0n) is 21.6. The summed E-state index contributed by atoms with van der Waals surface area (Å²) >= 11 is 5.97. The van der Waals surface area contributed by atoms with Crippen LogP contribution in [0.25, 0.3) is 0 Å². The Bertz CT molecular complexity index is 1190. The van der Waals surface area contributed by atoms with E-state index in [4.69, 9.17) is 11.6 Å². The predicted molar refractivity (Wildman–Crippen MR) is 142 cm³/mol. The van der Waals surface area contributed by atoms with Crippen molar-refractivity contribution < 1.29 is 31.2 Å². The normalized spacial score (nSPS) is 12.6. The zero-order chi connectivity index (χ0) is 28.5. The molecule has 2 aromatic rings. The van der Waals surface area contributed by atoms with Gasteiger partial charge >= 0.3 is 6.18 Å². The molecule has 0 aliphatic heterocycles. The summed E-state index contributed by atoms with van der Waals surface area (Å²) in [7, 11) is -3.93. The van der Waals surface area contributed by atoms with Gasteiger partial charge in [0.2, 0.25) is 21.8 Å². The van der Waals surface area contributed by atoms with E-state index in [0.29, 0.717) is 18.0 Å². The lowest BCUT2D eigenvalue weighted by molar-refractivity contribution is -0.141. The van der Waals surface area contributed by atoms with Gasteiger partial charge < -0.3 is 10.2 Å². The number of hydrogen-bond acceptors (Lipinski definition) is 4. The van der Waals surface area contributed by atoms with Gasteiger partial charge in [-0.1, -0.05) is 43.6 Å². The molecule has 38 heavy (non-hydrogen) atoms. The van der Waals surface area contributed by atoms with Crippen LogP contribution in [0.5, 0.6) is 0 Å². The number of halogens is 4. The Balaban J connectivity index is 2.24. The number of rotatable bonds is 13. The third kappa shape index (κ3) is 9.20. The molecule has 1 atom stereocenters. The Hall–Kier alpha value is -2.79. The highest BCUT2D eigenvalue weighted by Crippen LogP contribution is 2.32. The Morgan fingerprint density at radius 1 is 1.08 bits per heavy atom. The third-order valence-electron chi connectivity index (χ3n) is 5.81. The SMILES string of the molecule is CCCNC(=O)[C@@H](CC)N(Cc1ccc(Cl)cc1)C(=O)CCCN(c1cccc(C(F)(F)F)c1)S(C)(=O)=O. The van der Waals surface area contributed by atoms with Gasteiger partial charge in [-0.3, -0.25) is 13.9 Å². The van der Waals surface area contributed by atoms with Crippen LogP contribution in [0.15, 0.2) is 48.5 Å². The summed E-state index contributed by atoms with van der Waals surface area (Å²) in [5, 5.41) is 3.34. The van der Waals surface area contributed by atoms with E-state index in [-0.39, 0.29) is 43.4 Å². The van der Waals surface area contributed by atoms with Gasteiger partial charge in [-0.25, -0.2) is 8.42 Å². The molecule has 7 nitrogen and oxygen atoms in total. The van der Waals surface area contributed by atoms with E-state index in [0.717, 1.165) is 40.7 Å². The first-order valence-electron chi connectivity index (χ1n) is 12.2. The van der Waals surface area contributed by atoms with Crippen LogP contribution in [-0.4, -0.2) is 50.5 Å². The smallest absolute Gasteiger partial charge is 0.354 e. The Morgan fingerprint density at radius 3 is 2.29 bits per heavy atom. The molecule has 0 saturated heterocycles. The maximum absolute atomic E-state index is 13.3. The first kappa shape index (κ1) is 31.4. The van der Waals surface area contributed by atoms with E-state index in [1.165, 1.54) is 11.0 Å². The van der Waals surface area contributed by atoms with Crippen molar-refractivity contribution in [1.29, 1.82) is 0 Å². The standard InChI is InChI=1S/C26H33ClF3N3O4S/c1-4-15-31-25(35)23(5-2)32(18-19-11-13-21(27)14-12-19)24(34)10-7-16-33(38(3,36)37)22-9-6-8-20(17-22)26(28,29)30/h6,8-9,11-14,17,23H,4-5,7,10,15-16,18H2,1-3H3,(H,31,35)/t23-/m1/s1. The fourth-order valence-electron chi connectivity index (χ4n) is 3.91. The van der Waals surface area contributed by atoms with Crippen LogP contribution in [0.3, 0.4) is 0 Å².